The minimum atomic E-state index is 0.191. The van der Waals surface area contributed by atoms with E-state index in [9.17, 15) is 4.79 Å². The highest BCUT2D eigenvalue weighted by Crippen LogP contribution is 2.13. The number of likely N-dealkylation sites (N-methyl/N-ethyl adjacent to an activating group) is 1. The highest BCUT2D eigenvalue weighted by molar-refractivity contribution is 5.74. The van der Waals surface area contributed by atoms with Crippen LogP contribution in [-0.4, -0.2) is 67.8 Å². The van der Waals surface area contributed by atoms with Crippen LogP contribution in [0.4, 0.5) is 4.79 Å². The molecule has 5 nitrogen and oxygen atoms in total. The molecular weight excluding hydrogens is 218 g/mol. The van der Waals surface area contributed by atoms with Gasteiger partial charge in [-0.2, -0.15) is 0 Å². The van der Waals surface area contributed by atoms with Gasteiger partial charge < -0.3 is 19.9 Å². The predicted octanol–water partition coefficient (Wildman–Crippen LogP) is 0.513. The van der Waals surface area contributed by atoms with E-state index in [0.717, 1.165) is 39.1 Å². The molecule has 2 amide bonds. The summed E-state index contributed by atoms with van der Waals surface area (Å²) in [4.78, 5) is 16.2. The van der Waals surface area contributed by atoms with Crippen LogP contribution >= 0.6 is 0 Å². The normalized spacial score (nSPS) is 26.1. The van der Waals surface area contributed by atoms with Gasteiger partial charge in [0.15, 0.2) is 0 Å². The summed E-state index contributed by atoms with van der Waals surface area (Å²) in [5, 5.41) is 3.44. The quantitative estimate of drug-likeness (QED) is 0.766. The van der Waals surface area contributed by atoms with Crippen LogP contribution in [0.15, 0.2) is 0 Å². The summed E-state index contributed by atoms with van der Waals surface area (Å²) in [5.74, 6) is 0. The van der Waals surface area contributed by atoms with Crippen LogP contribution < -0.4 is 5.32 Å². The lowest BCUT2D eigenvalue weighted by atomic mass is 10.1. The topological polar surface area (TPSA) is 44.8 Å². The minimum absolute atomic E-state index is 0.191. The summed E-state index contributed by atoms with van der Waals surface area (Å²) < 4.78 is 5.27. The Morgan fingerprint density at radius 3 is 2.76 bits per heavy atom. The van der Waals surface area contributed by atoms with Crippen LogP contribution in [0.1, 0.15) is 19.8 Å². The molecule has 2 aliphatic rings. The van der Waals surface area contributed by atoms with Gasteiger partial charge in [0.1, 0.15) is 0 Å². The van der Waals surface area contributed by atoms with E-state index in [1.807, 2.05) is 9.80 Å². The molecule has 0 spiro atoms. The van der Waals surface area contributed by atoms with Crippen molar-refractivity contribution >= 4 is 6.03 Å². The summed E-state index contributed by atoms with van der Waals surface area (Å²) >= 11 is 0. The molecule has 0 aromatic heterocycles. The third-order valence-electron chi connectivity index (χ3n) is 3.47. The largest absolute Gasteiger partial charge is 0.378 e. The first-order valence-electron chi connectivity index (χ1n) is 6.66. The number of hydrogen-bond donors (Lipinski definition) is 1. The Kier molecular flexibility index (Phi) is 4.62. The number of nitrogens with zero attached hydrogens (tertiary/aromatic N) is 2. The molecule has 0 aliphatic carbocycles. The Bertz CT molecular complexity index is 252. The number of nitrogens with one attached hydrogen (secondary N) is 1. The lowest BCUT2D eigenvalue weighted by Crippen LogP contribution is -2.54. The summed E-state index contributed by atoms with van der Waals surface area (Å²) in [6.07, 6.45) is 2.29. The standard InChI is InChI=1S/C12H23N3O2/c1-2-13-11-4-3-5-15(10-11)12(16)14-6-8-17-9-7-14/h11,13H,2-10H2,1H3. The van der Waals surface area contributed by atoms with E-state index in [4.69, 9.17) is 4.74 Å². The number of hydrogen-bond acceptors (Lipinski definition) is 3. The van der Waals surface area contributed by atoms with Gasteiger partial charge in [-0.3, -0.25) is 0 Å². The second kappa shape index (κ2) is 6.21. The maximum Gasteiger partial charge on any atom is 0.320 e. The average Bonchev–Trinajstić information content (AvgIpc) is 2.40. The molecular formula is C12H23N3O2. The van der Waals surface area contributed by atoms with Crippen LogP contribution in [-0.2, 0) is 4.74 Å². The van der Waals surface area contributed by atoms with Gasteiger partial charge in [0.05, 0.1) is 13.2 Å². The van der Waals surface area contributed by atoms with E-state index in [1.54, 1.807) is 0 Å². The third-order valence-corrected chi connectivity index (χ3v) is 3.47. The van der Waals surface area contributed by atoms with Gasteiger partial charge in [-0.05, 0) is 19.4 Å². The molecule has 5 heteroatoms. The fraction of sp³-hybridized carbons (Fsp3) is 0.917. The fourth-order valence-corrected chi connectivity index (χ4v) is 2.56. The molecule has 1 N–H and O–H groups in total. The molecule has 17 heavy (non-hydrogen) atoms. The number of morpholine rings is 1. The van der Waals surface area contributed by atoms with E-state index in [0.29, 0.717) is 19.3 Å². The third kappa shape index (κ3) is 3.33. The molecule has 1 atom stereocenters. The number of urea groups is 1. The van der Waals surface area contributed by atoms with Crippen molar-refractivity contribution in [1.29, 1.82) is 0 Å². The molecule has 2 saturated heterocycles. The average molecular weight is 241 g/mol. The summed E-state index contributed by atoms with van der Waals surface area (Å²) in [6, 6.07) is 0.662. The highest BCUT2D eigenvalue weighted by Gasteiger charge is 2.27. The molecule has 0 radical (unpaired) electrons. The number of likely N-dealkylation sites (tertiary alicyclic amines) is 1. The van der Waals surface area contributed by atoms with Crippen LogP contribution in [0.3, 0.4) is 0 Å². The van der Waals surface area contributed by atoms with Gasteiger partial charge in [0.2, 0.25) is 0 Å². The maximum absolute atomic E-state index is 12.3. The first-order chi connectivity index (χ1) is 8.31. The number of carbonyl (C=O) groups excluding carboxylic acids is 1. The molecule has 0 aromatic carbocycles. The first kappa shape index (κ1) is 12.6. The number of amides is 2. The van der Waals surface area contributed by atoms with Gasteiger partial charge in [-0.1, -0.05) is 6.92 Å². The lowest BCUT2D eigenvalue weighted by Gasteiger charge is -2.37. The second-order valence-electron chi connectivity index (χ2n) is 4.72. The van der Waals surface area contributed by atoms with E-state index in [-0.39, 0.29) is 6.03 Å². The number of ether oxygens (including phenoxy) is 1. The first-order valence-corrected chi connectivity index (χ1v) is 6.66. The van der Waals surface area contributed by atoms with Crippen LogP contribution in [0, 0.1) is 0 Å². The minimum Gasteiger partial charge on any atom is -0.378 e. The zero-order valence-corrected chi connectivity index (χ0v) is 10.7. The van der Waals surface area contributed by atoms with Crippen molar-refractivity contribution in [2.24, 2.45) is 0 Å². The molecule has 0 saturated carbocycles. The van der Waals surface area contributed by atoms with Crippen molar-refractivity contribution in [3.63, 3.8) is 0 Å². The Balaban J connectivity index is 1.85. The molecule has 2 heterocycles. The SMILES string of the molecule is CCNC1CCCN(C(=O)N2CCOCC2)C1. The van der Waals surface area contributed by atoms with E-state index in [2.05, 4.69) is 12.2 Å². The Morgan fingerprint density at radius 2 is 2.06 bits per heavy atom. The smallest absolute Gasteiger partial charge is 0.320 e. The van der Waals surface area contributed by atoms with Crippen molar-refractivity contribution in [3.05, 3.63) is 0 Å². The van der Waals surface area contributed by atoms with Gasteiger partial charge in [0, 0.05) is 32.2 Å². The van der Waals surface area contributed by atoms with E-state index in [1.165, 1.54) is 6.42 Å². The summed E-state index contributed by atoms with van der Waals surface area (Å²) in [6.45, 7) is 7.67. The monoisotopic (exact) mass is 241 g/mol. The lowest BCUT2D eigenvalue weighted by molar-refractivity contribution is 0.0403. The van der Waals surface area contributed by atoms with Gasteiger partial charge >= 0.3 is 6.03 Å². The summed E-state index contributed by atoms with van der Waals surface area (Å²) in [7, 11) is 0. The number of piperidine rings is 1. The van der Waals surface area contributed by atoms with Crippen LogP contribution in [0.2, 0.25) is 0 Å². The Hall–Kier alpha value is -0.810. The molecule has 1 unspecified atom stereocenters. The Morgan fingerprint density at radius 1 is 1.29 bits per heavy atom. The molecule has 2 aliphatic heterocycles. The molecule has 0 bridgehead atoms. The van der Waals surface area contributed by atoms with Gasteiger partial charge in [0.25, 0.3) is 0 Å². The van der Waals surface area contributed by atoms with E-state index < -0.39 is 0 Å². The molecule has 98 valence electrons. The predicted molar refractivity (Wildman–Crippen MR) is 66.1 cm³/mol. The van der Waals surface area contributed by atoms with Gasteiger partial charge in [-0.15, -0.1) is 0 Å². The van der Waals surface area contributed by atoms with Crippen LogP contribution in [0.5, 0.6) is 0 Å². The molecule has 0 aromatic rings. The summed E-state index contributed by atoms with van der Waals surface area (Å²) in [5.41, 5.74) is 0. The zero-order valence-electron chi connectivity index (χ0n) is 10.7. The highest BCUT2D eigenvalue weighted by atomic mass is 16.5. The van der Waals surface area contributed by atoms with Crippen molar-refractivity contribution < 1.29 is 9.53 Å². The van der Waals surface area contributed by atoms with Gasteiger partial charge in [-0.25, -0.2) is 4.79 Å². The van der Waals surface area contributed by atoms with E-state index >= 15 is 0 Å². The fourth-order valence-electron chi connectivity index (χ4n) is 2.56. The van der Waals surface area contributed by atoms with Crippen molar-refractivity contribution in [2.45, 2.75) is 25.8 Å². The molecule has 2 rings (SSSR count). The second-order valence-corrected chi connectivity index (χ2v) is 4.72. The number of rotatable bonds is 2. The number of carbonyl (C=O) groups is 1. The van der Waals surface area contributed by atoms with Crippen LogP contribution in [0.25, 0.3) is 0 Å². The Labute approximate surface area is 103 Å². The maximum atomic E-state index is 12.3. The zero-order chi connectivity index (χ0) is 12.1. The van der Waals surface area contributed by atoms with Crippen molar-refractivity contribution in [3.8, 4) is 0 Å². The van der Waals surface area contributed by atoms with Crippen molar-refractivity contribution in [1.82, 2.24) is 15.1 Å². The molecule has 2 fully saturated rings. The van der Waals surface area contributed by atoms with Crippen molar-refractivity contribution in [2.75, 3.05) is 45.9 Å².